The summed E-state index contributed by atoms with van der Waals surface area (Å²) in [4.78, 5) is 65.7. The second-order valence-corrected chi connectivity index (χ2v) is 14.9. The van der Waals surface area contributed by atoms with E-state index in [1.54, 1.807) is 34.6 Å². The molecule has 5 aromatic rings. The van der Waals surface area contributed by atoms with E-state index in [0.717, 1.165) is 36.0 Å². The molecule has 2 aromatic heterocycles. The molecule has 2 atom stereocenters. The molecule has 12 heteroatoms. The van der Waals surface area contributed by atoms with Crippen molar-refractivity contribution in [1.82, 2.24) is 34.2 Å². The van der Waals surface area contributed by atoms with E-state index in [4.69, 9.17) is 0 Å². The van der Waals surface area contributed by atoms with E-state index in [-0.39, 0.29) is 36.1 Å². The number of allylic oxidation sites excluding steroid dienone is 4. The van der Waals surface area contributed by atoms with Gasteiger partial charge in [-0.1, -0.05) is 110 Å². The van der Waals surface area contributed by atoms with Crippen molar-refractivity contribution in [2.75, 3.05) is 25.0 Å². The number of hydrogen-bond acceptors (Lipinski definition) is 6. The van der Waals surface area contributed by atoms with Crippen molar-refractivity contribution in [1.29, 1.82) is 0 Å². The van der Waals surface area contributed by atoms with Crippen LogP contribution in [0.2, 0.25) is 0 Å². The highest BCUT2D eigenvalue weighted by atomic mass is 16.2. The molecule has 3 heterocycles. The molecule has 0 spiro atoms. The van der Waals surface area contributed by atoms with E-state index >= 15 is 0 Å². The Morgan fingerprint density at radius 2 is 1.49 bits per heavy atom. The average molecular weight is 791 g/mol. The standard InChI is InChI=1S/C47H50N8O4/c1-2-3-28-54(46(58)43-48-26-30-52(43)32-37-11-6-4-7-12-37)34-42(56)50-39-22-18-35(19-23-39)16-17-36-20-24-40(25-21-36)51-45(57)41-15-10-29-55(41)47(59)44-49-27-31-53(44)33-38-13-8-5-9-14-38/h4-9,11-14,16-18,20-27,30-31,35,41H,2-3,10,15,19,28-29,32-34H2,1H3,(H,50,56)(H,51,57)/b17-16+/t35?,41-/m0/s1. The van der Waals surface area contributed by atoms with Gasteiger partial charge in [0.2, 0.25) is 11.8 Å². The van der Waals surface area contributed by atoms with Crippen LogP contribution >= 0.6 is 0 Å². The van der Waals surface area contributed by atoms with Crippen LogP contribution in [0.25, 0.3) is 6.08 Å². The number of nitrogens with zero attached hydrogens (tertiary/aromatic N) is 6. The van der Waals surface area contributed by atoms with Crippen molar-refractivity contribution in [2.45, 2.75) is 58.2 Å². The molecule has 0 radical (unpaired) electrons. The summed E-state index contributed by atoms with van der Waals surface area (Å²) < 4.78 is 3.65. The van der Waals surface area contributed by atoms with Gasteiger partial charge in [-0.2, -0.15) is 0 Å². The van der Waals surface area contributed by atoms with E-state index in [9.17, 15) is 19.2 Å². The summed E-state index contributed by atoms with van der Waals surface area (Å²) in [5, 5.41) is 5.98. The first-order chi connectivity index (χ1) is 28.8. The maximum atomic E-state index is 13.6. The lowest BCUT2D eigenvalue weighted by Crippen LogP contribution is -2.44. The minimum absolute atomic E-state index is 0.0690. The molecule has 1 fully saturated rings. The predicted molar refractivity (Wildman–Crippen MR) is 228 cm³/mol. The number of carbonyl (C=O) groups excluding carboxylic acids is 4. The molecule has 2 N–H and O–H groups in total. The number of amides is 4. The van der Waals surface area contributed by atoms with Crippen LogP contribution in [0, 0.1) is 5.92 Å². The van der Waals surface area contributed by atoms with Crippen LogP contribution in [0.3, 0.4) is 0 Å². The van der Waals surface area contributed by atoms with Crippen molar-refractivity contribution >= 4 is 35.4 Å². The fourth-order valence-electron chi connectivity index (χ4n) is 7.37. The lowest BCUT2D eigenvalue weighted by molar-refractivity contribution is -0.121. The van der Waals surface area contributed by atoms with Gasteiger partial charge in [0.25, 0.3) is 11.8 Å². The fraction of sp³-hybridized carbons (Fsp3) is 0.277. The predicted octanol–water partition coefficient (Wildman–Crippen LogP) is 6.95. The van der Waals surface area contributed by atoms with Crippen LogP contribution in [0.15, 0.2) is 140 Å². The maximum absolute atomic E-state index is 13.6. The first-order valence-electron chi connectivity index (χ1n) is 20.3. The molecule has 0 saturated carbocycles. The Morgan fingerprint density at radius 3 is 2.14 bits per heavy atom. The summed E-state index contributed by atoms with van der Waals surface area (Å²) >= 11 is 0. The minimum Gasteiger partial charge on any atom is -0.327 e. The Kier molecular flexibility index (Phi) is 13.4. The highest BCUT2D eigenvalue weighted by Crippen LogP contribution is 2.23. The molecule has 59 heavy (non-hydrogen) atoms. The number of nitrogens with one attached hydrogen (secondary N) is 2. The third-order valence-corrected chi connectivity index (χ3v) is 10.6. The SMILES string of the molecule is CCCCN(CC(=O)NC1=CCC(/C=C/c2ccc(NC(=O)[C@@H]3CCCN3C(=O)c3nccn3Cc3ccccc3)cc2)C=C1)C(=O)c1nccn1Cc1ccccc1. The first kappa shape index (κ1) is 40.4. The molecule has 1 aliphatic carbocycles. The second-order valence-electron chi connectivity index (χ2n) is 14.9. The molecular formula is C47H50N8O4. The van der Waals surface area contributed by atoms with Crippen LogP contribution in [0.4, 0.5) is 5.69 Å². The zero-order valence-electron chi connectivity index (χ0n) is 33.3. The topological polar surface area (TPSA) is 134 Å². The summed E-state index contributed by atoms with van der Waals surface area (Å²) in [7, 11) is 0. The van der Waals surface area contributed by atoms with Crippen LogP contribution in [-0.4, -0.2) is 78.2 Å². The molecule has 3 aromatic carbocycles. The van der Waals surface area contributed by atoms with E-state index in [0.29, 0.717) is 62.1 Å². The molecule has 4 amide bonds. The zero-order valence-corrected chi connectivity index (χ0v) is 33.3. The second kappa shape index (κ2) is 19.6. The molecule has 1 unspecified atom stereocenters. The average Bonchev–Trinajstić information content (AvgIpc) is 4.05. The van der Waals surface area contributed by atoms with Crippen molar-refractivity contribution in [2.24, 2.45) is 5.92 Å². The quantitative estimate of drug-likeness (QED) is 0.111. The van der Waals surface area contributed by atoms with Crippen LogP contribution in [0.1, 0.15) is 77.0 Å². The van der Waals surface area contributed by atoms with E-state index < -0.39 is 6.04 Å². The number of rotatable bonds is 16. The Morgan fingerprint density at radius 1 is 0.831 bits per heavy atom. The molecule has 7 rings (SSSR count). The van der Waals surface area contributed by atoms with Crippen molar-refractivity contribution in [3.05, 3.63) is 168 Å². The number of likely N-dealkylation sites (tertiary alicyclic amines) is 1. The molecule has 2 aliphatic rings. The number of hydrogen-bond donors (Lipinski definition) is 2. The van der Waals surface area contributed by atoms with Gasteiger partial charge in [0.05, 0.1) is 0 Å². The van der Waals surface area contributed by atoms with E-state index in [1.165, 1.54) is 0 Å². The smallest absolute Gasteiger partial charge is 0.290 e. The molecule has 302 valence electrons. The minimum atomic E-state index is -0.576. The third-order valence-electron chi connectivity index (χ3n) is 10.6. The van der Waals surface area contributed by atoms with Crippen LogP contribution < -0.4 is 10.6 Å². The van der Waals surface area contributed by atoms with Gasteiger partial charge < -0.3 is 29.6 Å². The Hall–Kier alpha value is -6.82. The molecule has 12 nitrogen and oxygen atoms in total. The van der Waals surface area contributed by atoms with Gasteiger partial charge in [-0.3, -0.25) is 19.2 Å². The fourth-order valence-corrected chi connectivity index (χ4v) is 7.37. The van der Waals surface area contributed by atoms with E-state index in [1.807, 2.05) is 118 Å². The van der Waals surface area contributed by atoms with Gasteiger partial charge in [0.1, 0.15) is 12.6 Å². The highest BCUT2D eigenvalue weighted by Gasteiger charge is 2.36. The van der Waals surface area contributed by atoms with Crippen LogP contribution in [-0.2, 0) is 22.7 Å². The van der Waals surface area contributed by atoms with Crippen molar-refractivity contribution in [3.8, 4) is 0 Å². The largest absolute Gasteiger partial charge is 0.327 e. The number of imidazole rings is 2. The third kappa shape index (κ3) is 10.6. The Bertz CT molecular complexity index is 2310. The van der Waals surface area contributed by atoms with Gasteiger partial charge in [-0.25, -0.2) is 9.97 Å². The first-order valence-corrected chi connectivity index (χ1v) is 20.3. The molecule has 1 aliphatic heterocycles. The van der Waals surface area contributed by atoms with Crippen molar-refractivity contribution < 1.29 is 19.2 Å². The number of aromatic nitrogens is 4. The number of carbonyl (C=O) groups is 4. The number of unbranched alkanes of at least 4 members (excludes halogenated alkanes) is 1. The zero-order chi connectivity index (χ0) is 41.0. The Balaban J connectivity index is 0.881. The monoisotopic (exact) mass is 790 g/mol. The Labute approximate surface area is 345 Å². The lowest BCUT2D eigenvalue weighted by atomic mass is 9.98. The number of anilines is 1. The van der Waals surface area contributed by atoms with Gasteiger partial charge in [-0.15, -0.1) is 0 Å². The summed E-state index contributed by atoms with van der Waals surface area (Å²) in [6, 6.07) is 26.8. The van der Waals surface area contributed by atoms with Crippen LogP contribution in [0.5, 0.6) is 0 Å². The van der Waals surface area contributed by atoms with Crippen molar-refractivity contribution in [3.63, 3.8) is 0 Å². The molecule has 1 saturated heterocycles. The number of benzene rings is 3. The lowest BCUT2D eigenvalue weighted by Gasteiger charge is -2.24. The highest BCUT2D eigenvalue weighted by molar-refractivity contribution is 6.00. The normalized spacial score (nSPS) is 16.2. The van der Waals surface area contributed by atoms with Gasteiger partial charge in [-0.05, 0) is 66.5 Å². The van der Waals surface area contributed by atoms with Gasteiger partial charge >= 0.3 is 0 Å². The maximum Gasteiger partial charge on any atom is 0.290 e. The van der Waals surface area contributed by atoms with E-state index in [2.05, 4.69) is 33.6 Å². The van der Waals surface area contributed by atoms with Gasteiger partial charge in [0, 0.05) is 62.4 Å². The summed E-state index contributed by atoms with van der Waals surface area (Å²) in [5.41, 5.74) is 4.46. The molecular weight excluding hydrogens is 741 g/mol. The summed E-state index contributed by atoms with van der Waals surface area (Å²) in [6.07, 6.45) is 20.6. The summed E-state index contributed by atoms with van der Waals surface area (Å²) in [6.45, 7) is 3.98. The summed E-state index contributed by atoms with van der Waals surface area (Å²) in [5.74, 6) is -0.213. The van der Waals surface area contributed by atoms with Gasteiger partial charge in [0.15, 0.2) is 11.6 Å². The molecule has 0 bridgehead atoms.